The fourth-order valence-electron chi connectivity index (χ4n) is 2.26. The number of halogens is 2. The number of pyridine rings is 1. The molecule has 0 N–H and O–H groups in total. The first-order valence-corrected chi connectivity index (χ1v) is 7.49. The van der Waals surface area contributed by atoms with Crippen LogP contribution in [0.3, 0.4) is 0 Å². The zero-order valence-corrected chi connectivity index (χ0v) is 13.4. The second-order valence-electron chi connectivity index (χ2n) is 5.04. The van der Waals surface area contributed by atoms with Gasteiger partial charge in [-0.3, -0.25) is 4.79 Å². The summed E-state index contributed by atoms with van der Waals surface area (Å²) in [6.45, 7) is 5.74. The Morgan fingerprint density at radius 3 is 2.68 bits per heavy atom. The van der Waals surface area contributed by atoms with Gasteiger partial charge < -0.3 is 9.30 Å². The van der Waals surface area contributed by atoms with E-state index in [-0.39, 0.29) is 28.6 Å². The fraction of sp³-hybridized carbons (Fsp3) is 0.375. The highest BCUT2D eigenvalue weighted by Gasteiger charge is 2.19. The third-order valence-corrected chi connectivity index (χ3v) is 3.92. The van der Waals surface area contributed by atoms with Crippen molar-refractivity contribution in [1.29, 1.82) is 0 Å². The van der Waals surface area contributed by atoms with Gasteiger partial charge in [0.25, 0.3) is 0 Å². The molecule has 0 fully saturated rings. The van der Waals surface area contributed by atoms with Gasteiger partial charge in [-0.05, 0) is 32.4 Å². The Bertz CT molecular complexity index is 785. The van der Waals surface area contributed by atoms with Gasteiger partial charge in [-0.25, -0.2) is 9.18 Å². The molecule has 0 unspecified atom stereocenters. The Hall–Kier alpha value is -1.88. The predicted octanol–water partition coefficient (Wildman–Crippen LogP) is 3.94. The molecule has 2 aromatic rings. The number of esters is 1. The van der Waals surface area contributed by atoms with Crippen LogP contribution in [0, 0.1) is 5.82 Å². The third kappa shape index (κ3) is 2.86. The van der Waals surface area contributed by atoms with E-state index < -0.39 is 17.2 Å². The Labute approximate surface area is 132 Å². The van der Waals surface area contributed by atoms with Crippen LogP contribution < -0.4 is 5.43 Å². The summed E-state index contributed by atoms with van der Waals surface area (Å²) in [6, 6.07) is 2.49. The number of ether oxygens (including phenoxy) is 1. The van der Waals surface area contributed by atoms with E-state index in [0.29, 0.717) is 5.52 Å². The number of carbonyl (C=O) groups excluding carboxylic acids is 1. The van der Waals surface area contributed by atoms with Crippen LogP contribution in [0.4, 0.5) is 4.39 Å². The van der Waals surface area contributed by atoms with Crippen molar-refractivity contribution in [3.05, 3.63) is 45.0 Å². The van der Waals surface area contributed by atoms with Gasteiger partial charge in [-0.15, -0.1) is 0 Å². The van der Waals surface area contributed by atoms with Crippen molar-refractivity contribution in [2.45, 2.75) is 33.2 Å². The van der Waals surface area contributed by atoms with Crippen LogP contribution in [0.15, 0.2) is 23.1 Å². The average molecular weight is 326 g/mol. The van der Waals surface area contributed by atoms with Crippen molar-refractivity contribution >= 4 is 28.5 Å². The molecule has 0 saturated carbocycles. The normalized spacial score (nSPS) is 12.4. The lowest BCUT2D eigenvalue weighted by Crippen LogP contribution is -2.22. The molecule has 0 saturated heterocycles. The van der Waals surface area contributed by atoms with Crippen molar-refractivity contribution in [2.75, 3.05) is 6.61 Å². The lowest BCUT2D eigenvalue weighted by atomic mass is 10.1. The van der Waals surface area contributed by atoms with Gasteiger partial charge in [-0.1, -0.05) is 18.5 Å². The van der Waals surface area contributed by atoms with E-state index in [1.807, 2.05) is 13.8 Å². The third-order valence-electron chi connectivity index (χ3n) is 3.64. The van der Waals surface area contributed by atoms with Gasteiger partial charge in [0.1, 0.15) is 11.4 Å². The van der Waals surface area contributed by atoms with Crippen LogP contribution in [0.2, 0.25) is 5.02 Å². The smallest absolute Gasteiger partial charge is 0.343 e. The number of hydrogen-bond donors (Lipinski definition) is 0. The minimum absolute atomic E-state index is 0.0119. The molecular formula is C16H17ClFNO3. The highest BCUT2D eigenvalue weighted by molar-refractivity contribution is 6.31. The van der Waals surface area contributed by atoms with Crippen LogP contribution in [-0.4, -0.2) is 17.1 Å². The molecule has 1 aromatic carbocycles. The van der Waals surface area contributed by atoms with E-state index in [2.05, 4.69) is 0 Å². The Balaban J connectivity index is 2.85. The second-order valence-corrected chi connectivity index (χ2v) is 5.45. The van der Waals surface area contributed by atoms with Gasteiger partial charge in [-0.2, -0.15) is 0 Å². The number of rotatable bonds is 4. The molecule has 22 heavy (non-hydrogen) atoms. The zero-order valence-electron chi connectivity index (χ0n) is 12.7. The van der Waals surface area contributed by atoms with Crippen LogP contribution in [0.25, 0.3) is 10.9 Å². The predicted molar refractivity (Wildman–Crippen MR) is 84.1 cm³/mol. The Morgan fingerprint density at radius 2 is 2.09 bits per heavy atom. The molecule has 1 atom stereocenters. The summed E-state index contributed by atoms with van der Waals surface area (Å²) in [4.78, 5) is 24.4. The van der Waals surface area contributed by atoms with Gasteiger partial charge >= 0.3 is 5.97 Å². The van der Waals surface area contributed by atoms with Crippen LogP contribution in [0.1, 0.15) is 43.6 Å². The first-order valence-electron chi connectivity index (χ1n) is 7.11. The number of aromatic nitrogens is 1. The van der Waals surface area contributed by atoms with Gasteiger partial charge in [0.05, 0.1) is 17.1 Å². The summed E-state index contributed by atoms with van der Waals surface area (Å²) in [7, 11) is 0. The summed E-state index contributed by atoms with van der Waals surface area (Å²) in [6.07, 6.45) is 2.24. The summed E-state index contributed by atoms with van der Waals surface area (Å²) in [5, 5.41) is 0.0561. The minimum Gasteiger partial charge on any atom is -0.462 e. The summed E-state index contributed by atoms with van der Waals surface area (Å²) in [5.41, 5.74) is -0.154. The maximum Gasteiger partial charge on any atom is 0.343 e. The highest BCUT2D eigenvalue weighted by Crippen LogP contribution is 2.25. The second kappa shape index (κ2) is 6.48. The first kappa shape index (κ1) is 16.5. The van der Waals surface area contributed by atoms with Crippen LogP contribution in [-0.2, 0) is 4.74 Å². The van der Waals surface area contributed by atoms with E-state index in [9.17, 15) is 14.0 Å². The molecule has 0 bridgehead atoms. The lowest BCUT2D eigenvalue weighted by molar-refractivity contribution is 0.0524. The monoisotopic (exact) mass is 325 g/mol. The molecule has 0 radical (unpaired) electrons. The fourth-order valence-corrected chi connectivity index (χ4v) is 2.42. The summed E-state index contributed by atoms with van der Waals surface area (Å²) in [5.74, 6) is -1.40. The zero-order chi connectivity index (χ0) is 16.4. The van der Waals surface area contributed by atoms with Crippen molar-refractivity contribution in [3.8, 4) is 0 Å². The minimum atomic E-state index is -0.707. The van der Waals surface area contributed by atoms with Crippen molar-refractivity contribution in [3.63, 3.8) is 0 Å². The van der Waals surface area contributed by atoms with Crippen molar-refractivity contribution in [1.82, 2.24) is 4.57 Å². The number of carbonyl (C=O) groups is 1. The largest absolute Gasteiger partial charge is 0.462 e. The first-order chi connectivity index (χ1) is 10.4. The lowest BCUT2D eigenvalue weighted by Gasteiger charge is -2.19. The molecular weight excluding hydrogens is 309 g/mol. The molecule has 0 amide bonds. The molecule has 0 aliphatic carbocycles. The number of fused-ring (bicyclic) bond motifs is 1. The molecule has 2 rings (SSSR count). The molecule has 118 valence electrons. The quantitative estimate of drug-likeness (QED) is 0.800. The summed E-state index contributed by atoms with van der Waals surface area (Å²) < 4.78 is 20.4. The van der Waals surface area contributed by atoms with E-state index in [1.165, 1.54) is 12.3 Å². The molecule has 1 heterocycles. The molecule has 0 aliphatic heterocycles. The summed E-state index contributed by atoms with van der Waals surface area (Å²) >= 11 is 5.83. The molecule has 4 nitrogen and oxygen atoms in total. The number of benzene rings is 1. The molecule has 0 aliphatic rings. The molecule has 0 spiro atoms. The van der Waals surface area contributed by atoms with E-state index in [1.54, 1.807) is 11.5 Å². The Kier molecular flexibility index (Phi) is 4.86. The van der Waals surface area contributed by atoms with Gasteiger partial charge in [0.2, 0.25) is 5.43 Å². The highest BCUT2D eigenvalue weighted by atomic mass is 35.5. The number of hydrogen-bond acceptors (Lipinski definition) is 3. The van der Waals surface area contributed by atoms with Gasteiger partial charge in [0.15, 0.2) is 0 Å². The van der Waals surface area contributed by atoms with E-state index in [0.717, 1.165) is 12.5 Å². The van der Waals surface area contributed by atoms with Crippen molar-refractivity contribution < 1.29 is 13.9 Å². The van der Waals surface area contributed by atoms with Gasteiger partial charge in [0, 0.05) is 17.6 Å². The SMILES string of the molecule is CCOC(=O)c1cn([C@H](C)CC)c2cc(Cl)c(F)cc2c1=O. The van der Waals surface area contributed by atoms with E-state index >= 15 is 0 Å². The maximum atomic E-state index is 13.7. The topological polar surface area (TPSA) is 48.3 Å². The average Bonchev–Trinajstić information content (AvgIpc) is 2.49. The number of nitrogens with zero attached hydrogens (tertiary/aromatic N) is 1. The molecule has 1 aromatic heterocycles. The van der Waals surface area contributed by atoms with E-state index in [4.69, 9.17) is 16.3 Å². The van der Waals surface area contributed by atoms with Crippen LogP contribution in [0.5, 0.6) is 0 Å². The standard InChI is InChI=1S/C16H17ClFNO3/c1-4-9(3)19-8-11(16(21)22-5-2)15(20)10-6-13(18)12(17)7-14(10)19/h6-9H,4-5H2,1-3H3/t9-/m1/s1. The Morgan fingerprint density at radius 1 is 1.41 bits per heavy atom. The van der Waals surface area contributed by atoms with Crippen molar-refractivity contribution in [2.24, 2.45) is 0 Å². The maximum absolute atomic E-state index is 13.7. The molecule has 6 heteroatoms. The van der Waals surface area contributed by atoms with Crippen LogP contribution >= 0.6 is 11.6 Å².